The molecule has 1 N–H and O–H groups in total. The molecule has 1 atom stereocenters. The molecule has 0 aliphatic heterocycles. The van der Waals surface area contributed by atoms with Crippen molar-refractivity contribution in [1.82, 2.24) is 10.3 Å². The Morgan fingerprint density at radius 3 is 2.44 bits per heavy atom. The van der Waals surface area contributed by atoms with Gasteiger partial charge in [-0.15, -0.1) is 0 Å². The van der Waals surface area contributed by atoms with Crippen LogP contribution in [0.15, 0.2) is 79.0 Å². The number of ether oxygens (including phenoxy) is 1. The van der Waals surface area contributed by atoms with Crippen molar-refractivity contribution in [2.75, 3.05) is 6.61 Å². The van der Waals surface area contributed by atoms with Crippen LogP contribution >= 0.6 is 0 Å². The molecule has 1 heterocycles. The Kier molecular flexibility index (Phi) is 6.16. The third kappa shape index (κ3) is 5.16. The average Bonchev–Trinajstić information content (AvgIpc) is 2.73. The molecular weight excluding hydrogens is 338 g/mol. The minimum absolute atomic E-state index is 0.103. The van der Waals surface area contributed by atoms with Gasteiger partial charge in [0.05, 0.1) is 24.2 Å². The molecule has 0 aliphatic carbocycles. The highest BCUT2D eigenvalue weighted by Gasteiger charge is 2.18. The van der Waals surface area contributed by atoms with E-state index in [2.05, 4.69) is 16.4 Å². The number of carbonyl (C=O) groups excluding carboxylic acids is 1. The van der Waals surface area contributed by atoms with Crippen LogP contribution in [-0.4, -0.2) is 17.5 Å². The quantitative estimate of drug-likeness (QED) is 0.703. The molecule has 0 spiro atoms. The van der Waals surface area contributed by atoms with Gasteiger partial charge in [0.1, 0.15) is 5.75 Å². The van der Waals surface area contributed by atoms with Crippen LogP contribution in [0.4, 0.5) is 0 Å². The summed E-state index contributed by atoms with van der Waals surface area (Å²) in [5.74, 6) is 0.344. The lowest BCUT2D eigenvalue weighted by Crippen LogP contribution is -2.33. The molecule has 1 aromatic heterocycles. The summed E-state index contributed by atoms with van der Waals surface area (Å²) >= 11 is 0. The summed E-state index contributed by atoms with van der Waals surface area (Å²) in [6.07, 6.45) is 2.06. The third-order valence-corrected chi connectivity index (χ3v) is 4.00. The second kappa shape index (κ2) is 9.16. The third-order valence-electron chi connectivity index (χ3n) is 4.00. The maximum Gasteiger partial charge on any atom is 0.258 e. The van der Waals surface area contributed by atoms with E-state index in [1.54, 1.807) is 18.3 Å². The molecule has 0 aliphatic rings. The molecule has 5 nitrogen and oxygen atoms in total. The lowest BCUT2D eigenvalue weighted by Gasteiger charge is -2.19. The zero-order chi connectivity index (χ0) is 18.9. The van der Waals surface area contributed by atoms with Gasteiger partial charge in [0.15, 0.2) is 6.61 Å². The minimum atomic E-state index is -0.346. The zero-order valence-electron chi connectivity index (χ0n) is 14.7. The molecule has 27 heavy (non-hydrogen) atoms. The molecule has 0 saturated carbocycles. The van der Waals surface area contributed by atoms with Crippen molar-refractivity contribution in [2.45, 2.75) is 12.5 Å². The highest BCUT2D eigenvalue weighted by atomic mass is 16.5. The molecule has 1 unspecified atom stereocenters. The van der Waals surface area contributed by atoms with Gasteiger partial charge < -0.3 is 10.1 Å². The highest BCUT2D eigenvalue weighted by Crippen LogP contribution is 2.20. The molecule has 3 aromatic rings. The van der Waals surface area contributed by atoms with Crippen molar-refractivity contribution in [3.05, 3.63) is 95.8 Å². The first-order valence-electron chi connectivity index (χ1n) is 8.60. The summed E-state index contributed by atoms with van der Waals surface area (Å²) in [5.41, 5.74) is 2.62. The van der Waals surface area contributed by atoms with Crippen LogP contribution < -0.4 is 10.1 Å². The first kappa shape index (κ1) is 18.2. The van der Waals surface area contributed by atoms with Gasteiger partial charge in [-0.1, -0.05) is 48.5 Å². The van der Waals surface area contributed by atoms with Crippen molar-refractivity contribution < 1.29 is 9.53 Å². The maximum absolute atomic E-state index is 12.4. The molecule has 134 valence electrons. The van der Waals surface area contributed by atoms with E-state index in [1.165, 1.54) is 0 Å². The van der Waals surface area contributed by atoms with E-state index < -0.39 is 0 Å². The van der Waals surface area contributed by atoms with Crippen molar-refractivity contribution in [2.24, 2.45) is 0 Å². The van der Waals surface area contributed by atoms with Gasteiger partial charge in [-0.2, -0.15) is 5.26 Å². The Morgan fingerprint density at radius 2 is 1.78 bits per heavy atom. The van der Waals surface area contributed by atoms with E-state index in [0.717, 1.165) is 16.8 Å². The predicted molar refractivity (Wildman–Crippen MR) is 102 cm³/mol. The number of nitrogens with one attached hydrogen (secondary N) is 1. The van der Waals surface area contributed by atoms with Gasteiger partial charge >= 0.3 is 0 Å². The van der Waals surface area contributed by atoms with Crippen LogP contribution in [0.25, 0.3) is 0 Å². The fourth-order valence-corrected chi connectivity index (χ4v) is 2.67. The molecular formula is C22H19N3O2. The molecule has 5 heteroatoms. The lowest BCUT2D eigenvalue weighted by atomic mass is 10.0. The molecule has 3 rings (SSSR count). The molecule has 0 fully saturated rings. The van der Waals surface area contributed by atoms with E-state index in [4.69, 9.17) is 10.00 Å². The van der Waals surface area contributed by atoms with Crippen LogP contribution in [0, 0.1) is 11.3 Å². The summed E-state index contributed by atoms with van der Waals surface area (Å²) in [7, 11) is 0. The van der Waals surface area contributed by atoms with E-state index in [9.17, 15) is 4.79 Å². The summed E-state index contributed by atoms with van der Waals surface area (Å²) in [5, 5.41) is 11.7. The number of carbonyl (C=O) groups is 1. The SMILES string of the molecule is N#CCc1ccc(OCC(=O)NC(c2ccccc2)c2ccccn2)cc1. The number of nitriles is 1. The summed E-state index contributed by atoms with van der Waals surface area (Å²) in [4.78, 5) is 16.8. The van der Waals surface area contributed by atoms with Crippen LogP contribution in [0.1, 0.15) is 22.9 Å². The largest absolute Gasteiger partial charge is 0.484 e. The number of aromatic nitrogens is 1. The number of hydrogen-bond donors (Lipinski definition) is 1. The number of rotatable bonds is 7. The van der Waals surface area contributed by atoms with E-state index in [0.29, 0.717) is 12.2 Å². The minimum Gasteiger partial charge on any atom is -0.484 e. The fourth-order valence-electron chi connectivity index (χ4n) is 2.67. The van der Waals surface area contributed by atoms with Crippen molar-refractivity contribution in [3.8, 4) is 11.8 Å². The first-order chi connectivity index (χ1) is 13.3. The Labute approximate surface area is 158 Å². The smallest absolute Gasteiger partial charge is 0.258 e. The van der Waals surface area contributed by atoms with Gasteiger partial charge in [0.25, 0.3) is 5.91 Å². The van der Waals surface area contributed by atoms with Crippen LogP contribution in [-0.2, 0) is 11.2 Å². The van der Waals surface area contributed by atoms with E-state index >= 15 is 0 Å². The molecule has 0 bridgehead atoms. The molecule has 0 saturated heterocycles. The van der Waals surface area contributed by atoms with Gasteiger partial charge in [0.2, 0.25) is 0 Å². The number of amides is 1. The summed E-state index contributed by atoms with van der Waals surface area (Å²) in [6, 6.07) is 24.2. The monoisotopic (exact) mass is 357 g/mol. The number of hydrogen-bond acceptors (Lipinski definition) is 4. The normalized spacial score (nSPS) is 11.2. The fraction of sp³-hybridized carbons (Fsp3) is 0.136. The second-order valence-corrected chi connectivity index (χ2v) is 5.93. The van der Waals surface area contributed by atoms with Gasteiger partial charge in [-0.3, -0.25) is 9.78 Å². The Hall–Kier alpha value is -3.65. The van der Waals surface area contributed by atoms with Crippen LogP contribution in [0.2, 0.25) is 0 Å². The van der Waals surface area contributed by atoms with Crippen molar-refractivity contribution in [3.63, 3.8) is 0 Å². The lowest BCUT2D eigenvalue weighted by molar-refractivity contribution is -0.123. The topological polar surface area (TPSA) is 75.0 Å². The number of benzene rings is 2. The second-order valence-electron chi connectivity index (χ2n) is 5.93. The van der Waals surface area contributed by atoms with E-state index in [1.807, 2.05) is 60.7 Å². The highest BCUT2D eigenvalue weighted by molar-refractivity contribution is 5.78. The van der Waals surface area contributed by atoms with Gasteiger partial charge in [-0.25, -0.2) is 0 Å². The standard InChI is InChI=1S/C22H19N3O2/c23-14-13-17-9-11-19(12-10-17)27-16-21(26)25-22(18-6-2-1-3-7-18)20-8-4-5-15-24-20/h1-12,15,22H,13,16H2,(H,25,26). The predicted octanol–water partition coefficient (Wildman–Crippen LogP) is 3.43. The number of pyridine rings is 1. The summed E-state index contributed by atoms with van der Waals surface area (Å²) in [6.45, 7) is -0.103. The van der Waals surface area contributed by atoms with Crippen LogP contribution in [0.3, 0.4) is 0 Å². The van der Waals surface area contributed by atoms with Crippen LogP contribution in [0.5, 0.6) is 5.75 Å². The van der Waals surface area contributed by atoms with Crippen molar-refractivity contribution in [1.29, 1.82) is 5.26 Å². The van der Waals surface area contributed by atoms with Gasteiger partial charge in [0, 0.05) is 6.20 Å². The first-order valence-corrected chi connectivity index (χ1v) is 8.60. The number of nitrogens with zero attached hydrogens (tertiary/aromatic N) is 2. The Bertz CT molecular complexity index is 864. The maximum atomic E-state index is 12.4. The summed E-state index contributed by atoms with van der Waals surface area (Å²) < 4.78 is 5.56. The van der Waals surface area contributed by atoms with Crippen molar-refractivity contribution >= 4 is 5.91 Å². The molecule has 0 radical (unpaired) electrons. The Morgan fingerprint density at radius 1 is 1.04 bits per heavy atom. The zero-order valence-corrected chi connectivity index (χ0v) is 14.7. The average molecular weight is 357 g/mol. The molecule has 1 amide bonds. The molecule has 2 aromatic carbocycles. The van der Waals surface area contributed by atoms with E-state index in [-0.39, 0.29) is 18.6 Å². The van der Waals surface area contributed by atoms with Gasteiger partial charge in [-0.05, 0) is 35.4 Å². The Balaban J connectivity index is 1.65.